The number of nitrogens with zero attached hydrogens (tertiary/aromatic N) is 2. The summed E-state index contributed by atoms with van der Waals surface area (Å²) < 4.78 is 0. The van der Waals surface area contributed by atoms with E-state index in [0.29, 0.717) is 11.5 Å². The molecule has 1 aromatic rings. The first-order valence-corrected chi connectivity index (χ1v) is 7.31. The summed E-state index contributed by atoms with van der Waals surface area (Å²) in [5.74, 6) is 0.865. The molecule has 1 aliphatic heterocycles. The number of thiocarbonyl (C=S) groups is 1. The van der Waals surface area contributed by atoms with Crippen LogP contribution < -0.4 is 10.6 Å². The molecule has 102 valence electrons. The summed E-state index contributed by atoms with van der Waals surface area (Å²) >= 11 is 5.17. The van der Waals surface area contributed by atoms with Crippen molar-refractivity contribution in [3.63, 3.8) is 0 Å². The second kappa shape index (κ2) is 5.06. The number of fused-ring (bicyclic) bond motifs is 1. The van der Waals surface area contributed by atoms with Crippen molar-refractivity contribution in [3.05, 3.63) is 22.9 Å². The van der Waals surface area contributed by atoms with E-state index >= 15 is 0 Å². The van der Waals surface area contributed by atoms with Crippen molar-refractivity contribution in [2.24, 2.45) is 5.73 Å². The van der Waals surface area contributed by atoms with E-state index < -0.39 is 0 Å². The highest BCUT2D eigenvalue weighted by atomic mass is 32.1. The Labute approximate surface area is 118 Å². The van der Waals surface area contributed by atoms with Crippen LogP contribution >= 0.6 is 12.2 Å². The Morgan fingerprint density at radius 2 is 2.21 bits per heavy atom. The van der Waals surface area contributed by atoms with E-state index in [9.17, 15) is 5.11 Å². The quantitative estimate of drug-likeness (QED) is 0.795. The summed E-state index contributed by atoms with van der Waals surface area (Å²) in [5, 5.41) is 9.70. The molecule has 1 unspecified atom stereocenters. The van der Waals surface area contributed by atoms with Crippen molar-refractivity contribution in [1.82, 2.24) is 4.98 Å². The molecule has 1 atom stereocenters. The van der Waals surface area contributed by atoms with Crippen molar-refractivity contribution in [2.45, 2.75) is 38.2 Å². The van der Waals surface area contributed by atoms with Gasteiger partial charge in [-0.05, 0) is 43.7 Å². The van der Waals surface area contributed by atoms with Gasteiger partial charge in [-0.2, -0.15) is 0 Å². The summed E-state index contributed by atoms with van der Waals surface area (Å²) in [5.41, 5.74) is 9.19. The lowest BCUT2D eigenvalue weighted by Crippen LogP contribution is -2.27. The first-order chi connectivity index (χ1) is 9.15. The van der Waals surface area contributed by atoms with Gasteiger partial charge in [0.1, 0.15) is 10.8 Å². The summed E-state index contributed by atoms with van der Waals surface area (Å²) in [6.07, 6.45) is 5.05. The molecule has 0 bridgehead atoms. The average molecular weight is 277 g/mol. The summed E-state index contributed by atoms with van der Waals surface area (Å²) in [6, 6.07) is 2.11. The third kappa shape index (κ3) is 2.44. The lowest BCUT2D eigenvalue weighted by atomic mass is 9.94. The Kier molecular flexibility index (Phi) is 3.41. The molecule has 3 N–H and O–H groups in total. The lowest BCUT2D eigenvalue weighted by molar-refractivity contribution is 0.198. The second-order valence-corrected chi connectivity index (χ2v) is 5.87. The van der Waals surface area contributed by atoms with E-state index in [1.165, 1.54) is 24.1 Å². The van der Waals surface area contributed by atoms with Gasteiger partial charge in [-0.15, -0.1) is 0 Å². The van der Waals surface area contributed by atoms with Crippen LogP contribution in [0.2, 0.25) is 0 Å². The van der Waals surface area contributed by atoms with E-state index in [4.69, 9.17) is 22.9 Å². The van der Waals surface area contributed by atoms with Gasteiger partial charge in [0.25, 0.3) is 0 Å². The van der Waals surface area contributed by atoms with E-state index in [1.54, 1.807) is 0 Å². The molecule has 2 aliphatic rings. The Bertz CT molecular complexity index is 518. The van der Waals surface area contributed by atoms with Crippen molar-refractivity contribution in [1.29, 1.82) is 0 Å². The topological polar surface area (TPSA) is 62.4 Å². The van der Waals surface area contributed by atoms with Gasteiger partial charge in [-0.3, -0.25) is 0 Å². The zero-order chi connectivity index (χ0) is 13.4. The molecule has 5 heteroatoms. The minimum absolute atomic E-state index is 0.267. The van der Waals surface area contributed by atoms with Crippen LogP contribution in [0.15, 0.2) is 6.07 Å². The summed E-state index contributed by atoms with van der Waals surface area (Å²) in [7, 11) is 0. The number of hydrogen-bond acceptors (Lipinski definition) is 4. The molecule has 0 spiro atoms. The van der Waals surface area contributed by atoms with Gasteiger partial charge in [0.15, 0.2) is 0 Å². The van der Waals surface area contributed by atoms with Crippen LogP contribution in [0, 0.1) is 0 Å². The highest BCUT2D eigenvalue weighted by Crippen LogP contribution is 2.28. The zero-order valence-corrected chi connectivity index (χ0v) is 11.7. The Morgan fingerprint density at radius 1 is 1.42 bits per heavy atom. The first-order valence-electron chi connectivity index (χ1n) is 6.91. The number of aliphatic hydroxyl groups excluding tert-OH is 1. The smallest absolute Gasteiger partial charge is 0.139 e. The predicted octanol–water partition coefficient (Wildman–Crippen LogP) is 1.17. The van der Waals surface area contributed by atoms with Crippen molar-refractivity contribution in [3.8, 4) is 0 Å². The van der Waals surface area contributed by atoms with Crippen molar-refractivity contribution >= 4 is 23.0 Å². The second-order valence-electron chi connectivity index (χ2n) is 5.43. The molecule has 0 aromatic carbocycles. The van der Waals surface area contributed by atoms with Gasteiger partial charge in [-0.1, -0.05) is 12.2 Å². The maximum atomic E-state index is 9.70. The molecular formula is C14H19N3OS. The van der Waals surface area contributed by atoms with Crippen molar-refractivity contribution < 1.29 is 5.11 Å². The standard InChI is InChI=1S/C14H19N3OS/c15-13(19)11-7-9-3-1-2-4-12(9)16-14(11)17-6-5-10(18)8-17/h7,10,18H,1-6,8H2,(H2,15,19). The average Bonchev–Trinajstić information content (AvgIpc) is 2.83. The van der Waals surface area contributed by atoms with Gasteiger partial charge in [-0.25, -0.2) is 4.98 Å². The van der Waals surface area contributed by atoms with Gasteiger partial charge >= 0.3 is 0 Å². The van der Waals surface area contributed by atoms with E-state index in [-0.39, 0.29) is 6.10 Å². The summed E-state index contributed by atoms with van der Waals surface area (Å²) in [4.78, 5) is 7.30. The number of rotatable bonds is 2. The number of hydrogen-bond donors (Lipinski definition) is 2. The van der Waals surface area contributed by atoms with Crippen LogP contribution in [0.1, 0.15) is 36.1 Å². The minimum Gasteiger partial charge on any atom is -0.391 e. The number of nitrogens with two attached hydrogens (primary N) is 1. The maximum Gasteiger partial charge on any atom is 0.139 e. The molecule has 1 fully saturated rings. The fourth-order valence-electron chi connectivity index (χ4n) is 2.98. The third-order valence-corrected chi connectivity index (χ3v) is 4.23. The molecule has 3 rings (SSSR count). The van der Waals surface area contributed by atoms with E-state index in [2.05, 4.69) is 11.0 Å². The number of aromatic nitrogens is 1. The predicted molar refractivity (Wildman–Crippen MR) is 79.6 cm³/mol. The van der Waals surface area contributed by atoms with Crippen molar-refractivity contribution in [2.75, 3.05) is 18.0 Å². The van der Waals surface area contributed by atoms with Gasteiger partial charge < -0.3 is 15.7 Å². The SMILES string of the molecule is NC(=S)c1cc2c(nc1N1CCC(O)C1)CCCC2. The largest absolute Gasteiger partial charge is 0.391 e. The summed E-state index contributed by atoms with van der Waals surface area (Å²) in [6.45, 7) is 1.45. The molecule has 0 saturated carbocycles. The molecular weight excluding hydrogens is 258 g/mol. The number of anilines is 1. The molecule has 2 heterocycles. The van der Waals surface area contributed by atoms with Crippen LogP contribution in [0.5, 0.6) is 0 Å². The number of β-amino-alcohol motifs (C(OH)–C–C–N with tert-alkyl or cyclic N) is 1. The van der Waals surface area contributed by atoms with Crippen LogP contribution in [0.3, 0.4) is 0 Å². The minimum atomic E-state index is -0.267. The van der Waals surface area contributed by atoms with Gasteiger partial charge in [0, 0.05) is 18.8 Å². The van der Waals surface area contributed by atoms with Gasteiger partial charge in [0.2, 0.25) is 0 Å². The molecule has 0 radical (unpaired) electrons. The molecule has 0 amide bonds. The molecule has 1 saturated heterocycles. The lowest BCUT2D eigenvalue weighted by Gasteiger charge is -2.24. The highest BCUT2D eigenvalue weighted by molar-refractivity contribution is 7.80. The van der Waals surface area contributed by atoms with E-state index in [1.807, 2.05) is 0 Å². The molecule has 19 heavy (non-hydrogen) atoms. The highest BCUT2D eigenvalue weighted by Gasteiger charge is 2.26. The fraction of sp³-hybridized carbons (Fsp3) is 0.571. The molecule has 4 nitrogen and oxygen atoms in total. The van der Waals surface area contributed by atoms with Crippen LogP contribution in [0.4, 0.5) is 5.82 Å². The van der Waals surface area contributed by atoms with Crippen LogP contribution in [-0.2, 0) is 12.8 Å². The third-order valence-electron chi connectivity index (χ3n) is 4.01. The Balaban J connectivity index is 2.03. The van der Waals surface area contributed by atoms with E-state index in [0.717, 1.165) is 37.2 Å². The molecule has 1 aromatic heterocycles. The normalized spacial score (nSPS) is 22.4. The van der Waals surface area contributed by atoms with Gasteiger partial charge in [0.05, 0.1) is 11.7 Å². The number of pyridine rings is 1. The maximum absolute atomic E-state index is 9.70. The Morgan fingerprint density at radius 3 is 2.89 bits per heavy atom. The van der Waals surface area contributed by atoms with Crippen LogP contribution in [-0.4, -0.2) is 34.3 Å². The zero-order valence-electron chi connectivity index (χ0n) is 10.9. The Hall–Kier alpha value is -1.20. The van der Waals surface area contributed by atoms with Crippen LogP contribution in [0.25, 0.3) is 0 Å². The number of aliphatic hydroxyl groups is 1. The monoisotopic (exact) mass is 277 g/mol. The number of aryl methyl sites for hydroxylation is 2. The fourth-order valence-corrected chi connectivity index (χ4v) is 3.13. The molecule has 1 aliphatic carbocycles. The first kappa shape index (κ1) is 12.8.